The second kappa shape index (κ2) is 9.97. The normalized spacial score (nSPS) is 15.3. The van der Waals surface area contributed by atoms with Gasteiger partial charge in [0.05, 0.1) is 0 Å². The maximum absolute atomic E-state index is 13.0. The number of rotatable bonds is 4. The summed E-state index contributed by atoms with van der Waals surface area (Å²) in [5.74, 6) is 4.80. The molecule has 0 aliphatic heterocycles. The van der Waals surface area contributed by atoms with Crippen LogP contribution in [-0.2, 0) is 0 Å². The summed E-state index contributed by atoms with van der Waals surface area (Å²) in [4.78, 5) is 26.1. The molecule has 0 fully saturated rings. The fourth-order valence-electron chi connectivity index (χ4n) is 6.21. The zero-order chi connectivity index (χ0) is 28.8. The van der Waals surface area contributed by atoms with E-state index >= 15 is 0 Å². The van der Waals surface area contributed by atoms with Crippen LogP contribution in [0.25, 0.3) is 0 Å². The average Bonchev–Trinajstić information content (AvgIpc) is 3.04. The Balaban J connectivity index is 1.23. The van der Waals surface area contributed by atoms with Crippen molar-refractivity contribution in [3.05, 3.63) is 165 Å². The largest absolute Gasteiger partial charge is 0.322 e. The minimum atomic E-state index is -0.194. The molecule has 4 heteroatoms. The molecule has 8 rings (SSSR count). The SMILES string of the molecule is C#Cc1ccc(C(=O)Nc2ccc3c(c2)C2c4ccccc4C3c3ccc(NC(=O)c4ccc(C#C)cc4)cc32)cc1. The quantitative estimate of drug-likeness (QED) is 0.233. The Labute approximate surface area is 244 Å². The first kappa shape index (κ1) is 25.1. The molecular weight excluding hydrogens is 516 g/mol. The van der Waals surface area contributed by atoms with E-state index in [1.54, 1.807) is 48.5 Å². The molecular formula is C38H24N2O2. The number of nitrogens with one attached hydrogen (secondary N) is 2. The molecule has 3 aliphatic carbocycles. The van der Waals surface area contributed by atoms with Crippen LogP contribution in [0.15, 0.2) is 109 Å². The van der Waals surface area contributed by atoms with Crippen LogP contribution in [0.1, 0.15) is 77.1 Å². The molecule has 2 N–H and O–H groups in total. The maximum Gasteiger partial charge on any atom is 0.255 e. The smallest absolute Gasteiger partial charge is 0.255 e. The molecule has 0 spiro atoms. The molecule has 198 valence electrons. The van der Waals surface area contributed by atoms with Crippen molar-refractivity contribution in [3.8, 4) is 24.7 Å². The van der Waals surface area contributed by atoms with Crippen LogP contribution in [0, 0.1) is 24.7 Å². The van der Waals surface area contributed by atoms with Gasteiger partial charge in [-0.1, -0.05) is 48.2 Å². The van der Waals surface area contributed by atoms with Gasteiger partial charge < -0.3 is 10.6 Å². The van der Waals surface area contributed by atoms with Crippen LogP contribution in [0.3, 0.4) is 0 Å². The highest BCUT2D eigenvalue weighted by Gasteiger charge is 2.41. The third kappa shape index (κ3) is 4.15. The zero-order valence-corrected chi connectivity index (χ0v) is 22.5. The fraction of sp³-hybridized carbons (Fsp3) is 0.0526. The summed E-state index contributed by atoms with van der Waals surface area (Å²) in [7, 11) is 0. The summed E-state index contributed by atoms with van der Waals surface area (Å²) >= 11 is 0. The van der Waals surface area contributed by atoms with Crippen LogP contribution in [0.5, 0.6) is 0 Å². The number of benzene rings is 5. The lowest BCUT2D eigenvalue weighted by Gasteiger charge is -2.42. The van der Waals surface area contributed by atoms with Crippen molar-refractivity contribution in [1.29, 1.82) is 0 Å². The van der Waals surface area contributed by atoms with E-state index in [9.17, 15) is 9.59 Å². The molecule has 3 aliphatic rings. The van der Waals surface area contributed by atoms with Gasteiger partial charge in [-0.2, -0.15) is 0 Å². The predicted molar refractivity (Wildman–Crippen MR) is 166 cm³/mol. The van der Waals surface area contributed by atoms with Gasteiger partial charge in [0.25, 0.3) is 11.8 Å². The summed E-state index contributed by atoms with van der Waals surface area (Å²) in [6, 6.07) is 34.8. The molecule has 4 nitrogen and oxygen atoms in total. The highest BCUT2D eigenvalue weighted by molar-refractivity contribution is 6.05. The van der Waals surface area contributed by atoms with Crippen molar-refractivity contribution in [2.24, 2.45) is 0 Å². The van der Waals surface area contributed by atoms with Gasteiger partial charge in [0.15, 0.2) is 0 Å². The van der Waals surface area contributed by atoms with Crippen molar-refractivity contribution >= 4 is 23.2 Å². The topological polar surface area (TPSA) is 58.2 Å². The molecule has 5 aromatic rings. The van der Waals surface area contributed by atoms with E-state index in [2.05, 4.69) is 71.0 Å². The van der Waals surface area contributed by atoms with E-state index in [1.165, 1.54) is 22.3 Å². The lowest BCUT2D eigenvalue weighted by Crippen LogP contribution is -2.28. The Morgan fingerprint density at radius 3 is 1.29 bits per heavy atom. The van der Waals surface area contributed by atoms with Crippen molar-refractivity contribution < 1.29 is 9.59 Å². The van der Waals surface area contributed by atoms with Crippen LogP contribution in [0.2, 0.25) is 0 Å². The second-order valence-electron chi connectivity index (χ2n) is 10.5. The molecule has 0 saturated heterocycles. The monoisotopic (exact) mass is 540 g/mol. The molecule has 0 atom stereocenters. The number of carbonyl (C=O) groups excluding carboxylic acids is 2. The van der Waals surface area contributed by atoms with Gasteiger partial charge in [0.2, 0.25) is 0 Å². The van der Waals surface area contributed by atoms with E-state index < -0.39 is 0 Å². The second-order valence-corrected chi connectivity index (χ2v) is 10.5. The maximum atomic E-state index is 13.0. The van der Waals surface area contributed by atoms with Gasteiger partial charge in [-0.25, -0.2) is 0 Å². The number of carbonyl (C=O) groups is 2. The number of terminal acetylenes is 2. The van der Waals surface area contributed by atoms with E-state index in [-0.39, 0.29) is 23.7 Å². The van der Waals surface area contributed by atoms with Gasteiger partial charge in [0, 0.05) is 45.5 Å². The molecule has 0 aromatic heterocycles. The average molecular weight is 541 g/mol. The Bertz CT molecular complexity index is 1870. The van der Waals surface area contributed by atoms with Gasteiger partial charge in [-0.3, -0.25) is 9.59 Å². The first-order valence-electron chi connectivity index (χ1n) is 13.7. The number of amides is 2. The standard InChI is InChI=1S/C38H24N2O2/c1-3-23-9-13-25(14-10-23)37(41)39-27-17-19-31-33(21-27)36-30-8-6-5-7-29(30)35(31)32-20-18-28(22-34(32)36)40-38(42)26-15-11-24(4-2)12-16-26/h1-2,5-22,35-36H,(H,39,41)(H,40,42). The lowest BCUT2D eigenvalue weighted by molar-refractivity contribution is 0.101. The van der Waals surface area contributed by atoms with Crippen LogP contribution < -0.4 is 10.6 Å². The Kier molecular flexibility index (Phi) is 5.97. The van der Waals surface area contributed by atoms with Crippen molar-refractivity contribution in [1.82, 2.24) is 0 Å². The number of hydrogen-bond acceptors (Lipinski definition) is 2. The van der Waals surface area contributed by atoms with Crippen LogP contribution in [-0.4, -0.2) is 11.8 Å². The molecule has 42 heavy (non-hydrogen) atoms. The number of hydrogen-bond donors (Lipinski definition) is 2. The molecule has 2 amide bonds. The molecule has 0 saturated carbocycles. The highest BCUT2D eigenvalue weighted by atomic mass is 16.2. The van der Waals surface area contributed by atoms with Gasteiger partial charge in [-0.05, 0) is 106 Å². The third-order valence-corrected chi connectivity index (χ3v) is 8.18. The van der Waals surface area contributed by atoms with Gasteiger partial charge in [0.1, 0.15) is 0 Å². The van der Waals surface area contributed by atoms with E-state index in [0.717, 1.165) is 33.6 Å². The van der Waals surface area contributed by atoms with E-state index in [4.69, 9.17) is 12.8 Å². The molecule has 0 radical (unpaired) electrons. The van der Waals surface area contributed by atoms with E-state index in [1.807, 2.05) is 12.1 Å². The van der Waals surface area contributed by atoms with Crippen LogP contribution in [0.4, 0.5) is 11.4 Å². The molecule has 5 aromatic carbocycles. The summed E-state index contributed by atoms with van der Waals surface area (Å²) in [6.07, 6.45) is 10.9. The third-order valence-electron chi connectivity index (χ3n) is 8.18. The highest BCUT2D eigenvalue weighted by Crippen LogP contribution is 2.56. The van der Waals surface area contributed by atoms with Gasteiger partial charge >= 0.3 is 0 Å². The minimum Gasteiger partial charge on any atom is -0.322 e. The van der Waals surface area contributed by atoms with E-state index in [0.29, 0.717) is 11.1 Å². The summed E-state index contributed by atoms with van der Waals surface area (Å²) in [5, 5.41) is 6.11. The Morgan fingerprint density at radius 1 is 0.500 bits per heavy atom. The zero-order valence-electron chi connectivity index (χ0n) is 22.5. The predicted octanol–water partition coefficient (Wildman–Crippen LogP) is 7.14. The van der Waals surface area contributed by atoms with Crippen LogP contribution >= 0.6 is 0 Å². The molecule has 2 bridgehead atoms. The Hall–Kier alpha value is -5.84. The van der Waals surface area contributed by atoms with Gasteiger partial charge in [-0.15, -0.1) is 12.8 Å². The summed E-state index contributed by atoms with van der Waals surface area (Å²) < 4.78 is 0. The number of anilines is 2. The Morgan fingerprint density at radius 2 is 0.881 bits per heavy atom. The minimum absolute atomic E-state index is 0.0327. The van der Waals surface area contributed by atoms with Crippen molar-refractivity contribution in [2.75, 3.05) is 10.6 Å². The van der Waals surface area contributed by atoms with Crippen molar-refractivity contribution in [3.63, 3.8) is 0 Å². The molecule has 0 unspecified atom stereocenters. The summed E-state index contributed by atoms with van der Waals surface area (Å²) in [5.41, 5.74) is 11.3. The lowest BCUT2D eigenvalue weighted by atomic mass is 9.61. The van der Waals surface area contributed by atoms with Crippen molar-refractivity contribution in [2.45, 2.75) is 11.8 Å². The first-order valence-corrected chi connectivity index (χ1v) is 13.7. The summed E-state index contributed by atoms with van der Waals surface area (Å²) in [6.45, 7) is 0. The first-order chi connectivity index (χ1) is 20.5. The fourth-order valence-corrected chi connectivity index (χ4v) is 6.21. The molecule has 0 heterocycles.